The van der Waals surface area contributed by atoms with Gasteiger partial charge in [0.2, 0.25) is 0 Å². The van der Waals surface area contributed by atoms with E-state index >= 15 is 0 Å². The molecule has 1 aliphatic heterocycles. The second kappa shape index (κ2) is 4.69. The molecule has 1 aromatic rings. The van der Waals surface area contributed by atoms with Crippen molar-refractivity contribution >= 4 is 5.69 Å². The van der Waals surface area contributed by atoms with Gasteiger partial charge in [-0.25, -0.2) is 0 Å². The highest BCUT2D eigenvalue weighted by molar-refractivity contribution is 5.53. The highest BCUT2D eigenvalue weighted by Crippen LogP contribution is 2.31. The molecular formula is C15H22N2. The summed E-state index contributed by atoms with van der Waals surface area (Å²) in [7, 11) is 0. The number of hydrogen-bond donors (Lipinski definition) is 1. The van der Waals surface area contributed by atoms with E-state index < -0.39 is 0 Å². The smallest absolute Gasteiger partial charge is 0.0349 e. The Kier molecular flexibility index (Phi) is 3.06. The molecule has 2 N–H and O–H groups in total. The minimum atomic E-state index is 0.799. The average Bonchev–Trinajstić information content (AvgIpc) is 2.74. The number of nitrogens with two attached hydrogens (primary N) is 1. The lowest BCUT2D eigenvalue weighted by Gasteiger charge is -2.28. The number of nitrogen functional groups attached to an aromatic ring is 1. The summed E-state index contributed by atoms with van der Waals surface area (Å²) in [4.78, 5) is 2.65. The van der Waals surface area contributed by atoms with Crippen LogP contribution in [0.4, 0.5) is 5.69 Å². The Balaban J connectivity index is 1.63. The number of fused-ring (bicyclic) bond motifs is 1. The molecule has 92 valence electrons. The Morgan fingerprint density at radius 1 is 1.12 bits per heavy atom. The molecule has 17 heavy (non-hydrogen) atoms. The first-order chi connectivity index (χ1) is 8.33. The van der Waals surface area contributed by atoms with Crippen molar-refractivity contribution in [2.75, 3.05) is 25.4 Å². The molecule has 1 atom stereocenters. The quantitative estimate of drug-likeness (QED) is 0.791. The summed E-state index contributed by atoms with van der Waals surface area (Å²) in [5, 5.41) is 0. The second-order valence-electron chi connectivity index (χ2n) is 5.62. The van der Waals surface area contributed by atoms with Gasteiger partial charge in [0.05, 0.1) is 0 Å². The zero-order valence-corrected chi connectivity index (χ0v) is 10.5. The van der Waals surface area contributed by atoms with Crippen LogP contribution in [0, 0.1) is 5.92 Å². The lowest BCUT2D eigenvalue weighted by molar-refractivity contribution is 0.198. The van der Waals surface area contributed by atoms with Gasteiger partial charge in [-0.2, -0.15) is 0 Å². The first-order valence-electron chi connectivity index (χ1n) is 6.91. The van der Waals surface area contributed by atoms with Crippen LogP contribution in [-0.2, 0) is 12.8 Å². The fraction of sp³-hybridized carbons (Fsp3) is 0.600. The number of likely N-dealkylation sites (tertiary alicyclic amines) is 1. The lowest BCUT2D eigenvalue weighted by atomic mass is 10.0. The summed E-state index contributed by atoms with van der Waals surface area (Å²) >= 11 is 0. The van der Waals surface area contributed by atoms with E-state index in [0.717, 1.165) is 11.6 Å². The molecule has 2 heteroatoms. The Labute approximate surface area is 104 Å². The van der Waals surface area contributed by atoms with Crippen LogP contribution in [0.1, 0.15) is 30.4 Å². The number of nitrogens with zero attached hydrogens (tertiary/aromatic N) is 1. The fourth-order valence-electron chi connectivity index (χ4n) is 3.40. The van der Waals surface area contributed by atoms with E-state index in [0.29, 0.717) is 0 Å². The van der Waals surface area contributed by atoms with E-state index in [-0.39, 0.29) is 0 Å². The molecule has 1 unspecified atom stereocenters. The number of hydrogen-bond acceptors (Lipinski definition) is 2. The Morgan fingerprint density at radius 3 is 2.71 bits per heavy atom. The number of benzene rings is 1. The van der Waals surface area contributed by atoms with Crippen molar-refractivity contribution in [2.45, 2.75) is 32.1 Å². The van der Waals surface area contributed by atoms with E-state index in [1.165, 1.54) is 62.9 Å². The van der Waals surface area contributed by atoms with Gasteiger partial charge in [-0.05, 0) is 61.9 Å². The molecule has 1 fully saturated rings. The summed E-state index contributed by atoms with van der Waals surface area (Å²) in [6.45, 7) is 3.89. The van der Waals surface area contributed by atoms with Gasteiger partial charge >= 0.3 is 0 Å². The van der Waals surface area contributed by atoms with Crippen LogP contribution in [0.15, 0.2) is 18.2 Å². The van der Waals surface area contributed by atoms with Crippen LogP contribution in [0.25, 0.3) is 0 Å². The summed E-state index contributed by atoms with van der Waals surface area (Å²) in [6, 6.07) is 6.39. The molecule has 1 heterocycles. The Morgan fingerprint density at radius 2 is 1.94 bits per heavy atom. The van der Waals surface area contributed by atoms with Gasteiger partial charge in [0.15, 0.2) is 0 Å². The average molecular weight is 230 g/mol. The third kappa shape index (κ3) is 2.32. The first-order valence-corrected chi connectivity index (χ1v) is 6.91. The van der Waals surface area contributed by atoms with Crippen molar-refractivity contribution in [2.24, 2.45) is 5.92 Å². The summed E-state index contributed by atoms with van der Waals surface area (Å²) in [6.07, 6.45) is 6.63. The van der Waals surface area contributed by atoms with Crippen LogP contribution < -0.4 is 5.73 Å². The molecule has 1 saturated heterocycles. The predicted octanol–water partition coefficient (Wildman–Crippen LogP) is 2.47. The molecule has 0 aromatic heterocycles. The normalized spacial score (nSPS) is 24.8. The summed E-state index contributed by atoms with van der Waals surface area (Å²) in [5.41, 5.74) is 9.98. The van der Waals surface area contributed by atoms with Crippen LogP contribution in [-0.4, -0.2) is 24.5 Å². The van der Waals surface area contributed by atoms with Gasteiger partial charge in [0.1, 0.15) is 0 Å². The van der Waals surface area contributed by atoms with E-state index in [1.54, 1.807) is 0 Å². The number of piperidine rings is 1. The third-order valence-corrected chi connectivity index (χ3v) is 4.28. The van der Waals surface area contributed by atoms with Crippen molar-refractivity contribution in [1.82, 2.24) is 4.90 Å². The maximum absolute atomic E-state index is 6.05. The zero-order valence-electron chi connectivity index (χ0n) is 10.5. The number of anilines is 1. The molecule has 1 aromatic carbocycles. The summed E-state index contributed by atoms with van der Waals surface area (Å²) in [5.74, 6) is 0.799. The largest absolute Gasteiger partial charge is 0.398 e. The molecule has 0 bridgehead atoms. The molecule has 0 amide bonds. The van der Waals surface area contributed by atoms with Gasteiger partial charge in [-0.1, -0.05) is 18.6 Å². The molecule has 2 nitrogen and oxygen atoms in total. The number of rotatable bonds is 2. The first kappa shape index (κ1) is 11.1. The van der Waals surface area contributed by atoms with Gasteiger partial charge in [0, 0.05) is 12.2 Å². The monoisotopic (exact) mass is 230 g/mol. The SMILES string of the molecule is Nc1cccc2c1CC(CN1CCCCC1)C2. The minimum absolute atomic E-state index is 0.799. The maximum Gasteiger partial charge on any atom is 0.0349 e. The lowest BCUT2D eigenvalue weighted by Crippen LogP contribution is -2.34. The zero-order chi connectivity index (χ0) is 11.7. The Hall–Kier alpha value is -1.02. The molecule has 0 spiro atoms. The van der Waals surface area contributed by atoms with Gasteiger partial charge in [-0.15, -0.1) is 0 Å². The fourth-order valence-corrected chi connectivity index (χ4v) is 3.40. The standard InChI is InChI=1S/C15H22N2/c16-15-6-4-5-13-9-12(10-14(13)15)11-17-7-2-1-3-8-17/h4-6,12H,1-3,7-11,16H2. The molecule has 0 radical (unpaired) electrons. The van der Waals surface area contributed by atoms with E-state index in [1.807, 2.05) is 6.07 Å². The van der Waals surface area contributed by atoms with Crippen molar-refractivity contribution in [3.63, 3.8) is 0 Å². The van der Waals surface area contributed by atoms with E-state index in [9.17, 15) is 0 Å². The molecular weight excluding hydrogens is 208 g/mol. The van der Waals surface area contributed by atoms with E-state index in [2.05, 4.69) is 17.0 Å². The van der Waals surface area contributed by atoms with Crippen molar-refractivity contribution < 1.29 is 0 Å². The highest BCUT2D eigenvalue weighted by atomic mass is 15.1. The Bertz CT molecular complexity index is 394. The maximum atomic E-state index is 6.05. The molecule has 2 aliphatic rings. The van der Waals surface area contributed by atoms with E-state index in [4.69, 9.17) is 5.73 Å². The van der Waals surface area contributed by atoms with Crippen LogP contribution in [0.3, 0.4) is 0 Å². The molecule has 3 rings (SSSR count). The van der Waals surface area contributed by atoms with Gasteiger partial charge in [-0.3, -0.25) is 0 Å². The molecule has 0 saturated carbocycles. The molecule has 1 aliphatic carbocycles. The topological polar surface area (TPSA) is 29.3 Å². The minimum Gasteiger partial charge on any atom is -0.398 e. The third-order valence-electron chi connectivity index (χ3n) is 4.28. The van der Waals surface area contributed by atoms with Gasteiger partial charge in [0.25, 0.3) is 0 Å². The van der Waals surface area contributed by atoms with Crippen LogP contribution in [0.2, 0.25) is 0 Å². The predicted molar refractivity (Wildman–Crippen MR) is 72.0 cm³/mol. The van der Waals surface area contributed by atoms with Crippen LogP contribution in [0.5, 0.6) is 0 Å². The van der Waals surface area contributed by atoms with Crippen molar-refractivity contribution in [1.29, 1.82) is 0 Å². The van der Waals surface area contributed by atoms with Crippen molar-refractivity contribution in [3.05, 3.63) is 29.3 Å². The highest BCUT2D eigenvalue weighted by Gasteiger charge is 2.25. The van der Waals surface area contributed by atoms with Gasteiger partial charge < -0.3 is 10.6 Å². The van der Waals surface area contributed by atoms with Crippen molar-refractivity contribution in [3.8, 4) is 0 Å². The van der Waals surface area contributed by atoms with Crippen LogP contribution >= 0.6 is 0 Å². The summed E-state index contributed by atoms with van der Waals surface area (Å²) < 4.78 is 0. The second-order valence-corrected chi connectivity index (χ2v) is 5.62.